The number of benzene rings is 1. The molecule has 2 aromatic rings. The molecular formula is C19H23N3O. The van der Waals surface area contributed by atoms with Crippen molar-refractivity contribution in [2.75, 3.05) is 5.32 Å². The third-order valence-electron chi connectivity index (χ3n) is 4.44. The fourth-order valence-corrected chi connectivity index (χ4v) is 2.87. The van der Waals surface area contributed by atoms with Crippen LogP contribution >= 0.6 is 0 Å². The van der Waals surface area contributed by atoms with Gasteiger partial charge in [-0.2, -0.15) is 0 Å². The maximum atomic E-state index is 12.4. The van der Waals surface area contributed by atoms with Crippen molar-refractivity contribution in [3.63, 3.8) is 0 Å². The molecule has 1 N–H and O–H groups in total. The first-order valence-electron chi connectivity index (χ1n) is 8.14. The van der Waals surface area contributed by atoms with Crippen LogP contribution in [-0.4, -0.2) is 15.5 Å². The number of aromatic nitrogens is 2. The van der Waals surface area contributed by atoms with Crippen molar-refractivity contribution in [1.82, 2.24) is 9.55 Å². The van der Waals surface area contributed by atoms with Gasteiger partial charge in [0.25, 0.3) is 5.91 Å². The normalized spacial score (nSPS) is 15.2. The number of anilines is 1. The van der Waals surface area contributed by atoms with Crippen LogP contribution in [0, 0.1) is 5.92 Å². The predicted molar refractivity (Wildman–Crippen MR) is 92.6 cm³/mol. The summed E-state index contributed by atoms with van der Waals surface area (Å²) in [7, 11) is 1.96. The van der Waals surface area contributed by atoms with E-state index in [9.17, 15) is 4.79 Å². The molecule has 1 aliphatic carbocycles. The predicted octanol–water partition coefficient (Wildman–Crippen LogP) is 3.91. The number of carbonyl (C=O) groups is 1. The van der Waals surface area contributed by atoms with Gasteiger partial charge in [0, 0.05) is 24.2 Å². The molecule has 1 aliphatic rings. The average molecular weight is 309 g/mol. The van der Waals surface area contributed by atoms with Crippen molar-refractivity contribution < 1.29 is 4.79 Å². The number of carbonyl (C=O) groups excluding carboxylic acids is 1. The Hall–Kier alpha value is -2.36. The minimum absolute atomic E-state index is 0.130. The average Bonchev–Trinajstić information content (AvgIpc) is 3.33. The molecule has 120 valence electrons. The molecule has 3 rings (SSSR count). The quantitative estimate of drug-likeness (QED) is 0.822. The Morgan fingerprint density at radius 1 is 1.43 bits per heavy atom. The summed E-state index contributed by atoms with van der Waals surface area (Å²) >= 11 is 0. The Kier molecular flexibility index (Phi) is 4.33. The first-order chi connectivity index (χ1) is 11.1. The third kappa shape index (κ3) is 3.36. The lowest BCUT2D eigenvalue weighted by atomic mass is 10.0. The van der Waals surface area contributed by atoms with E-state index in [4.69, 9.17) is 4.98 Å². The largest absolute Gasteiger partial charge is 0.316 e. The lowest BCUT2D eigenvalue weighted by molar-refractivity contribution is 0.102. The van der Waals surface area contributed by atoms with Gasteiger partial charge in [0.2, 0.25) is 5.95 Å². The summed E-state index contributed by atoms with van der Waals surface area (Å²) in [6.45, 7) is 6.02. The molecule has 23 heavy (non-hydrogen) atoms. The summed E-state index contributed by atoms with van der Waals surface area (Å²) in [6.07, 6.45) is 5.48. The molecular weight excluding hydrogens is 286 g/mol. The van der Waals surface area contributed by atoms with Crippen LogP contribution in [0.3, 0.4) is 0 Å². The molecule has 1 aromatic carbocycles. The van der Waals surface area contributed by atoms with E-state index >= 15 is 0 Å². The summed E-state index contributed by atoms with van der Waals surface area (Å²) in [5, 5.41) is 2.94. The number of nitrogens with zero attached hydrogens (tertiary/aromatic N) is 2. The van der Waals surface area contributed by atoms with Crippen LogP contribution in [-0.2, 0) is 13.5 Å². The zero-order valence-corrected chi connectivity index (χ0v) is 13.7. The number of hydrogen-bond acceptors (Lipinski definition) is 2. The molecule has 0 bridgehead atoms. The van der Waals surface area contributed by atoms with E-state index in [0.717, 1.165) is 23.7 Å². The molecule has 0 radical (unpaired) electrons. The van der Waals surface area contributed by atoms with E-state index in [1.54, 1.807) is 12.1 Å². The molecule has 1 saturated carbocycles. The van der Waals surface area contributed by atoms with Crippen LogP contribution in [0.25, 0.3) is 0 Å². The standard InChI is InChI=1S/C19H23N3O/c1-4-13(2)17-16(12-14-10-11-14)20-19(22(17)3)21-18(23)15-8-6-5-7-9-15/h4-9,13-14H,1,10-12H2,2-3H3,(H,20,21,23). The highest BCUT2D eigenvalue weighted by atomic mass is 16.1. The highest BCUT2D eigenvalue weighted by molar-refractivity contribution is 6.03. The van der Waals surface area contributed by atoms with E-state index in [0.29, 0.717) is 11.5 Å². The molecule has 1 amide bonds. The number of nitrogens with one attached hydrogen (secondary N) is 1. The Morgan fingerprint density at radius 3 is 2.74 bits per heavy atom. The van der Waals surface area contributed by atoms with Crippen LogP contribution in [0.4, 0.5) is 5.95 Å². The number of rotatable bonds is 6. The summed E-state index contributed by atoms with van der Waals surface area (Å²) in [6, 6.07) is 9.22. The topological polar surface area (TPSA) is 46.9 Å². The molecule has 1 atom stereocenters. The summed E-state index contributed by atoms with van der Waals surface area (Å²) in [5.74, 6) is 1.44. The molecule has 1 fully saturated rings. The van der Waals surface area contributed by atoms with Gasteiger partial charge in [-0.15, -0.1) is 6.58 Å². The number of imidazole rings is 1. The van der Waals surface area contributed by atoms with Gasteiger partial charge < -0.3 is 4.57 Å². The van der Waals surface area contributed by atoms with Crippen molar-refractivity contribution >= 4 is 11.9 Å². The molecule has 0 spiro atoms. The minimum Gasteiger partial charge on any atom is -0.316 e. The van der Waals surface area contributed by atoms with Crippen LogP contribution in [0.15, 0.2) is 43.0 Å². The van der Waals surface area contributed by atoms with Gasteiger partial charge in [-0.3, -0.25) is 10.1 Å². The van der Waals surface area contributed by atoms with Crippen LogP contribution in [0.5, 0.6) is 0 Å². The second kappa shape index (κ2) is 6.41. The maximum absolute atomic E-state index is 12.4. The molecule has 4 nitrogen and oxygen atoms in total. The van der Waals surface area contributed by atoms with E-state index in [1.165, 1.54) is 12.8 Å². The fraction of sp³-hybridized carbons (Fsp3) is 0.368. The van der Waals surface area contributed by atoms with Gasteiger partial charge in [0.15, 0.2) is 0 Å². The van der Waals surface area contributed by atoms with Gasteiger partial charge in [-0.1, -0.05) is 31.2 Å². The third-order valence-corrected chi connectivity index (χ3v) is 4.44. The van der Waals surface area contributed by atoms with Crippen molar-refractivity contribution in [1.29, 1.82) is 0 Å². The van der Waals surface area contributed by atoms with Crippen LogP contribution in [0.2, 0.25) is 0 Å². The molecule has 0 saturated heterocycles. The first-order valence-corrected chi connectivity index (χ1v) is 8.14. The summed E-state index contributed by atoms with van der Waals surface area (Å²) in [4.78, 5) is 17.1. The Balaban J connectivity index is 1.88. The zero-order valence-electron chi connectivity index (χ0n) is 13.7. The molecule has 0 aliphatic heterocycles. The summed E-state index contributed by atoms with van der Waals surface area (Å²) < 4.78 is 1.99. The number of allylic oxidation sites excluding steroid dienone is 1. The lowest BCUT2D eigenvalue weighted by Gasteiger charge is -2.11. The van der Waals surface area contributed by atoms with Gasteiger partial charge >= 0.3 is 0 Å². The fourth-order valence-electron chi connectivity index (χ4n) is 2.87. The second-order valence-corrected chi connectivity index (χ2v) is 6.32. The zero-order chi connectivity index (χ0) is 16.4. The molecule has 1 aromatic heterocycles. The van der Waals surface area contributed by atoms with Gasteiger partial charge in [-0.05, 0) is 37.3 Å². The SMILES string of the molecule is C=CC(C)c1c(CC2CC2)nc(NC(=O)c2ccccc2)n1C. The second-order valence-electron chi connectivity index (χ2n) is 6.32. The highest BCUT2D eigenvalue weighted by Gasteiger charge is 2.27. The van der Waals surface area contributed by atoms with Crippen molar-refractivity contribution in [2.45, 2.75) is 32.1 Å². The van der Waals surface area contributed by atoms with Gasteiger partial charge in [0.05, 0.1) is 5.69 Å². The van der Waals surface area contributed by atoms with Gasteiger partial charge in [-0.25, -0.2) is 4.98 Å². The van der Waals surface area contributed by atoms with Gasteiger partial charge in [0.1, 0.15) is 0 Å². The maximum Gasteiger partial charge on any atom is 0.257 e. The van der Waals surface area contributed by atoms with E-state index in [2.05, 4.69) is 18.8 Å². The monoisotopic (exact) mass is 309 g/mol. The highest BCUT2D eigenvalue weighted by Crippen LogP contribution is 2.35. The molecule has 1 heterocycles. The minimum atomic E-state index is -0.130. The Bertz CT molecular complexity index is 714. The van der Waals surface area contributed by atoms with Crippen LogP contribution < -0.4 is 5.32 Å². The van der Waals surface area contributed by atoms with Crippen molar-refractivity contribution in [3.8, 4) is 0 Å². The smallest absolute Gasteiger partial charge is 0.257 e. The van der Waals surface area contributed by atoms with E-state index < -0.39 is 0 Å². The number of hydrogen-bond donors (Lipinski definition) is 1. The lowest BCUT2D eigenvalue weighted by Crippen LogP contribution is -2.15. The molecule has 4 heteroatoms. The molecule has 1 unspecified atom stereocenters. The van der Waals surface area contributed by atoms with E-state index in [-0.39, 0.29) is 11.8 Å². The summed E-state index contributed by atoms with van der Waals surface area (Å²) in [5.41, 5.74) is 2.87. The number of amides is 1. The van der Waals surface area contributed by atoms with Crippen molar-refractivity contribution in [2.24, 2.45) is 13.0 Å². The Labute approximate surface area is 137 Å². The Morgan fingerprint density at radius 2 is 2.13 bits per heavy atom. The van der Waals surface area contributed by atoms with Crippen LogP contribution in [0.1, 0.15) is 47.4 Å². The van der Waals surface area contributed by atoms with E-state index in [1.807, 2.05) is 35.9 Å². The van der Waals surface area contributed by atoms with Crippen molar-refractivity contribution in [3.05, 3.63) is 59.9 Å². The first kappa shape index (κ1) is 15.5.